The molecule has 9 nitrogen and oxygen atoms in total. The number of hydrogen-bond donors (Lipinski definition) is 2. The van der Waals surface area contributed by atoms with Crippen LogP contribution in [-0.2, 0) is 6.54 Å². The van der Waals surface area contributed by atoms with E-state index in [4.69, 9.17) is 4.98 Å². The van der Waals surface area contributed by atoms with Crippen molar-refractivity contribution in [3.63, 3.8) is 0 Å². The Hall–Kier alpha value is -3.95. The third-order valence-corrected chi connectivity index (χ3v) is 6.93. The average molecular weight is 500 g/mol. The van der Waals surface area contributed by atoms with Crippen LogP contribution in [-0.4, -0.2) is 69.2 Å². The lowest BCUT2D eigenvalue weighted by atomic mass is 10.0. The predicted octanol–water partition coefficient (Wildman–Crippen LogP) is 3.36. The molecule has 1 saturated heterocycles. The molecule has 9 heteroatoms. The second kappa shape index (κ2) is 10.6. The topological polar surface area (TPSA) is 91.5 Å². The number of fused-ring (bicyclic) bond motifs is 1. The molecule has 2 aromatic carbocycles. The molecule has 0 spiro atoms. The Balaban J connectivity index is 1.49. The maximum Gasteiger partial charge on any atom is 0.278 e. The highest BCUT2D eigenvalue weighted by Crippen LogP contribution is 2.24. The summed E-state index contributed by atoms with van der Waals surface area (Å²) in [5.74, 6) is 0.381. The first-order valence-electron chi connectivity index (χ1n) is 12.6. The first kappa shape index (κ1) is 24.7. The number of rotatable bonds is 8. The molecule has 37 heavy (non-hydrogen) atoms. The van der Waals surface area contributed by atoms with E-state index in [2.05, 4.69) is 45.9 Å². The summed E-state index contributed by atoms with van der Waals surface area (Å²) in [6.45, 7) is 10.3. The molecule has 192 valence electrons. The minimum atomic E-state index is -0.182. The summed E-state index contributed by atoms with van der Waals surface area (Å²) in [6.07, 6.45) is 3.26. The van der Waals surface area contributed by atoms with E-state index in [1.165, 1.54) is 5.69 Å². The molecule has 2 N–H and O–H groups in total. The summed E-state index contributed by atoms with van der Waals surface area (Å²) >= 11 is 0. The van der Waals surface area contributed by atoms with E-state index in [9.17, 15) is 9.90 Å². The number of aromatic nitrogens is 4. The van der Waals surface area contributed by atoms with Crippen LogP contribution in [0.3, 0.4) is 0 Å². The Morgan fingerprint density at radius 2 is 1.86 bits per heavy atom. The number of hydrogen-bond acceptors (Lipinski definition) is 7. The van der Waals surface area contributed by atoms with Crippen LogP contribution in [0.15, 0.2) is 72.2 Å². The van der Waals surface area contributed by atoms with Gasteiger partial charge in [0, 0.05) is 56.3 Å². The number of aliphatic hydroxyl groups is 1. The molecular formula is C28H33N7O2. The van der Waals surface area contributed by atoms with Crippen LogP contribution in [0.2, 0.25) is 0 Å². The molecule has 0 saturated carbocycles. The highest BCUT2D eigenvalue weighted by atomic mass is 16.3. The van der Waals surface area contributed by atoms with E-state index in [0.29, 0.717) is 23.5 Å². The van der Waals surface area contributed by atoms with E-state index in [-0.39, 0.29) is 18.1 Å². The van der Waals surface area contributed by atoms with Gasteiger partial charge in [-0.3, -0.25) is 4.79 Å². The Bertz CT molecular complexity index is 1450. The number of allylic oxidation sites excluding steroid dienone is 1. The van der Waals surface area contributed by atoms with E-state index >= 15 is 0 Å². The minimum Gasteiger partial charge on any atom is -0.396 e. The molecule has 4 aromatic rings. The normalized spacial score (nSPS) is 15.2. The summed E-state index contributed by atoms with van der Waals surface area (Å²) < 4.78 is 3.40. The zero-order valence-electron chi connectivity index (χ0n) is 21.3. The van der Waals surface area contributed by atoms with Crippen LogP contribution < -0.4 is 15.8 Å². The molecule has 1 unspecified atom stereocenters. The van der Waals surface area contributed by atoms with Crippen molar-refractivity contribution in [1.29, 1.82) is 0 Å². The molecule has 0 aliphatic carbocycles. The van der Waals surface area contributed by atoms with Crippen LogP contribution in [0.25, 0.3) is 16.7 Å². The van der Waals surface area contributed by atoms with Crippen LogP contribution >= 0.6 is 0 Å². The van der Waals surface area contributed by atoms with Crippen molar-refractivity contribution in [2.24, 2.45) is 0 Å². The van der Waals surface area contributed by atoms with Crippen molar-refractivity contribution in [3.8, 4) is 5.69 Å². The van der Waals surface area contributed by atoms with Crippen LogP contribution in [0.1, 0.15) is 18.4 Å². The van der Waals surface area contributed by atoms with Gasteiger partial charge >= 0.3 is 0 Å². The first-order valence-corrected chi connectivity index (χ1v) is 12.6. The molecule has 5 rings (SSSR count). The van der Waals surface area contributed by atoms with Gasteiger partial charge in [0.15, 0.2) is 5.65 Å². The summed E-state index contributed by atoms with van der Waals surface area (Å²) in [6, 6.07) is 16.1. The van der Waals surface area contributed by atoms with Gasteiger partial charge in [-0.1, -0.05) is 25.1 Å². The van der Waals surface area contributed by atoms with Crippen molar-refractivity contribution in [2.75, 3.05) is 50.1 Å². The fourth-order valence-electron chi connectivity index (χ4n) is 4.66. The number of anilines is 3. The number of aliphatic hydroxyl groups excluding tert-OH is 1. The molecule has 1 aliphatic rings. The lowest BCUT2D eigenvalue weighted by molar-refractivity contribution is 0.273. The van der Waals surface area contributed by atoms with E-state index < -0.39 is 0 Å². The Morgan fingerprint density at radius 3 is 2.57 bits per heavy atom. The average Bonchev–Trinajstić information content (AvgIpc) is 3.20. The zero-order chi connectivity index (χ0) is 25.9. The Labute approximate surface area is 216 Å². The smallest absolute Gasteiger partial charge is 0.278 e. The van der Waals surface area contributed by atoms with Crippen molar-refractivity contribution in [2.45, 2.75) is 19.4 Å². The Morgan fingerprint density at radius 1 is 1.11 bits per heavy atom. The maximum atomic E-state index is 13.2. The summed E-state index contributed by atoms with van der Waals surface area (Å²) in [7, 11) is 2.15. The minimum absolute atomic E-state index is 0.0259. The van der Waals surface area contributed by atoms with Crippen LogP contribution in [0.5, 0.6) is 0 Å². The molecule has 3 heterocycles. The fraction of sp³-hybridized carbons (Fsp3) is 0.321. The van der Waals surface area contributed by atoms with E-state index in [1.54, 1.807) is 21.6 Å². The standard InChI is InChI=1S/C28H33N7O2/c1-4-12-34-27(37)25-18-29-28(30-22-8-10-23(11-9-22)33-15-13-32(3)14-16-33)31-26(25)35(34)24-7-5-6-21(17-24)20(2)19-36/h4-11,17-18,20,36H,1,12-16,19H2,2-3H3,(H,29,30,31). The third-order valence-electron chi connectivity index (χ3n) is 6.93. The van der Waals surface area contributed by atoms with Gasteiger partial charge in [-0.15, -0.1) is 6.58 Å². The van der Waals surface area contributed by atoms with Crippen LogP contribution in [0, 0.1) is 0 Å². The van der Waals surface area contributed by atoms with E-state index in [0.717, 1.165) is 43.1 Å². The van der Waals surface area contributed by atoms with Crippen molar-refractivity contribution < 1.29 is 5.11 Å². The third kappa shape index (κ3) is 5.00. The lowest BCUT2D eigenvalue weighted by Crippen LogP contribution is -2.44. The SMILES string of the molecule is C=CCn1c(=O)c2cnc(Nc3ccc(N4CCN(C)CC4)cc3)nc2n1-c1cccc(C(C)CO)c1. The molecule has 2 aromatic heterocycles. The molecule has 0 bridgehead atoms. The number of benzene rings is 2. The van der Waals surface area contributed by atoms with Gasteiger partial charge in [-0.25, -0.2) is 14.3 Å². The monoisotopic (exact) mass is 499 g/mol. The van der Waals surface area contributed by atoms with Crippen molar-refractivity contribution >= 4 is 28.4 Å². The van der Waals surface area contributed by atoms with Crippen molar-refractivity contribution in [3.05, 3.63) is 83.3 Å². The van der Waals surface area contributed by atoms with Gasteiger partial charge in [-0.05, 0) is 49.0 Å². The van der Waals surface area contributed by atoms with Gasteiger partial charge in [0.1, 0.15) is 5.39 Å². The van der Waals surface area contributed by atoms with Gasteiger partial charge in [0.2, 0.25) is 5.95 Å². The summed E-state index contributed by atoms with van der Waals surface area (Å²) in [4.78, 5) is 27.1. The summed E-state index contributed by atoms with van der Waals surface area (Å²) in [5, 5.41) is 13.3. The predicted molar refractivity (Wildman–Crippen MR) is 148 cm³/mol. The van der Waals surface area contributed by atoms with Gasteiger partial charge in [0.25, 0.3) is 5.56 Å². The number of likely N-dealkylation sites (N-methyl/N-ethyl adjacent to an activating group) is 1. The maximum absolute atomic E-state index is 13.2. The van der Waals surface area contributed by atoms with Gasteiger partial charge in [-0.2, -0.15) is 4.98 Å². The first-order chi connectivity index (χ1) is 18.0. The highest BCUT2D eigenvalue weighted by molar-refractivity contribution is 5.77. The van der Waals surface area contributed by atoms with E-state index in [1.807, 2.05) is 43.3 Å². The van der Waals surface area contributed by atoms with Gasteiger partial charge < -0.3 is 20.2 Å². The second-order valence-corrected chi connectivity index (χ2v) is 9.56. The second-order valence-electron chi connectivity index (χ2n) is 9.56. The lowest BCUT2D eigenvalue weighted by Gasteiger charge is -2.34. The number of piperazine rings is 1. The quantitative estimate of drug-likeness (QED) is 0.359. The molecular weight excluding hydrogens is 466 g/mol. The number of nitrogens with one attached hydrogen (secondary N) is 1. The molecule has 0 amide bonds. The Kier molecular flexibility index (Phi) is 7.07. The van der Waals surface area contributed by atoms with Crippen molar-refractivity contribution in [1.82, 2.24) is 24.2 Å². The molecule has 1 fully saturated rings. The molecule has 0 radical (unpaired) electrons. The molecule has 1 aliphatic heterocycles. The van der Waals surface area contributed by atoms with Crippen LogP contribution in [0.4, 0.5) is 17.3 Å². The zero-order valence-corrected chi connectivity index (χ0v) is 21.3. The largest absolute Gasteiger partial charge is 0.396 e. The fourth-order valence-corrected chi connectivity index (χ4v) is 4.66. The van der Waals surface area contributed by atoms with Gasteiger partial charge in [0.05, 0.1) is 12.2 Å². The highest BCUT2D eigenvalue weighted by Gasteiger charge is 2.18. The number of nitrogens with zero attached hydrogens (tertiary/aromatic N) is 6. The molecule has 1 atom stereocenters. The summed E-state index contributed by atoms with van der Waals surface area (Å²) in [5.41, 5.74) is 4.16.